The van der Waals surface area contributed by atoms with Gasteiger partial charge in [0.2, 0.25) is 5.60 Å². The summed E-state index contributed by atoms with van der Waals surface area (Å²) in [4.78, 5) is 14.2. The third kappa shape index (κ3) is 3.10. The van der Waals surface area contributed by atoms with Crippen molar-refractivity contribution in [2.75, 3.05) is 14.1 Å². The van der Waals surface area contributed by atoms with Crippen LogP contribution in [0.15, 0.2) is 47.2 Å². The zero-order chi connectivity index (χ0) is 17.7. The lowest BCUT2D eigenvalue weighted by molar-refractivity contribution is -0.926. The fourth-order valence-corrected chi connectivity index (χ4v) is 5.62. The average molecular weight is 456 g/mol. The van der Waals surface area contributed by atoms with E-state index in [4.69, 9.17) is 4.74 Å². The summed E-state index contributed by atoms with van der Waals surface area (Å²) in [5, 5.41) is 15.0. The fourth-order valence-electron chi connectivity index (χ4n) is 3.91. The van der Waals surface area contributed by atoms with Crippen LogP contribution in [0, 0.1) is 0 Å². The van der Waals surface area contributed by atoms with Crippen LogP contribution in [0.25, 0.3) is 0 Å². The molecule has 0 amide bonds. The van der Waals surface area contributed by atoms with E-state index in [1.807, 2.05) is 22.9 Å². The lowest BCUT2D eigenvalue weighted by atomic mass is 9.95. The first-order valence-electron chi connectivity index (χ1n) is 8.45. The largest absolute Gasteiger partial charge is 1.00 e. The van der Waals surface area contributed by atoms with Crippen LogP contribution in [0.2, 0.25) is 0 Å². The molecule has 2 bridgehead atoms. The molecule has 0 radical (unpaired) electrons. The Labute approximate surface area is 172 Å². The summed E-state index contributed by atoms with van der Waals surface area (Å²) in [5.41, 5.74) is -1.71. The molecule has 0 spiro atoms. The van der Waals surface area contributed by atoms with Crippen molar-refractivity contribution in [3.05, 3.63) is 56.9 Å². The highest BCUT2D eigenvalue weighted by molar-refractivity contribution is 7.12. The number of fused-ring (bicyclic) bond motifs is 2. The van der Waals surface area contributed by atoms with Crippen LogP contribution in [0.4, 0.5) is 0 Å². The van der Waals surface area contributed by atoms with E-state index >= 15 is 0 Å². The predicted octanol–water partition coefficient (Wildman–Crippen LogP) is 0.139. The van der Waals surface area contributed by atoms with Crippen molar-refractivity contribution in [3.63, 3.8) is 0 Å². The highest BCUT2D eigenvalue weighted by atomic mass is 79.9. The van der Waals surface area contributed by atoms with Gasteiger partial charge in [0.05, 0.1) is 23.8 Å². The van der Waals surface area contributed by atoms with Gasteiger partial charge in [-0.1, -0.05) is 12.1 Å². The number of carbonyl (C=O) groups excluding carboxylic acids is 1. The molecule has 7 heteroatoms. The normalized spacial score (nSPS) is 26.3. The fraction of sp³-hybridized carbons (Fsp3) is 0.421. The molecule has 4 nitrogen and oxygen atoms in total. The van der Waals surface area contributed by atoms with E-state index in [-0.39, 0.29) is 23.1 Å². The van der Waals surface area contributed by atoms with Crippen molar-refractivity contribution in [1.82, 2.24) is 0 Å². The number of esters is 1. The smallest absolute Gasteiger partial charge is 0.349 e. The Morgan fingerprint density at radius 1 is 1.12 bits per heavy atom. The number of nitrogens with zero attached hydrogens (tertiary/aromatic N) is 1. The summed E-state index contributed by atoms with van der Waals surface area (Å²) < 4.78 is 6.78. The number of carbonyl (C=O) groups is 1. The number of halogens is 1. The molecule has 4 heterocycles. The third-order valence-corrected chi connectivity index (χ3v) is 7.56. The molecule has 0 saturated carbocycles. The minimum Gasteiger partial charge on any atom is -1.00 e. The molecule has 2 aliphatic heterocycles. The number of hydrogen-bond acceptors (Lipinski definition) is 5. The van der Waals surface area contributed by atoms with Gasteiger partial charge in [0.15, 0.2) is 0 Å². The van der Waals surface area contributed by atoms with Gasteiger partial charge < -0.3 is 31.3 Å². The summed E-state index contributed by atoms with van der Waals surface area (Å²) in [5.74, 6) is -0.561. The van der Waals surface area contributed by atoms with Gasteiger partial charge in [-0.3, -0.25) is 0 Å². The van der Waals surface area contributed by atoms with Gasteiger partial charge >= 0.3 is 5.97 Å². The first-order chi connectivity index (χ1) is 11.9. The molecular weight excluding hydrogens is 434 g/mol. The zero-order valence-corrected chi connectivity index (χ0v) is 17.9. The maximum absolute atomic E-state index is 13.0. The Balaban J connectivity index is 0.00000196. The number of piperidine rings is 1. The minimum atomic E-state index is -1.71. The number of aliphatic hydroxyl groups is 1. The van der Waals surface area contributed by atoms with E-state index in [0.717, 1.165) is 17.3 Å². The Morgan fingerprint density at radius 2 is 1.62 bits per heavy atom. The predicted molar refractivity (Wildman–Crippen MR) is 99.6 cm³/mol. The van der Waals surface area contributed by atoms with Crippen LogP contribution in [0.3, 0.4) is 0 Å². The van der Waals surface area contributed by atoms with Crippen LogP contribution < -0.4 is 17.0 Å². The second kappa shape index (κ2) is 7.20. The van der Waals surface area contributed by atoms with Crippen molar-refractivity contribution < 1.29 is 36.1 Å². The van der Waals surface area contributed by atoms with Gasteiger partial charge in [-0.2, -0.15) is 0 Å². The molecule has 3 atom stereocenters. The molecule has 2 aromatic heterocycles. The van der Waals surface area contributed by atoms with E-state index in [0.29, 0.717) is 21.8 Å². The van der Waals surface area contributed by atoms with E-state index in [1.54, 1.807) is 12.1 Å². The first kappa shape index (κ1) is 19.8. The van der Waals surface area contributed by atoms with Gasteiger partial charge in [0, 0.05) is 12.8 Å². The lowest BCUT2D eigenvalue weighted by Crippen LogP contribution is -3.00. The SMILES string of the molecule is C[N+]1(C)[C@@H]2C=C[C@H]1C[C@H](OC(=O)C(O)(c1cccs1)c1cccs1)C2.[Br-]. The molecular formula is C19H22BrNO3S2. The molecule has 140 valence electrons. The lowest BCUT2D eigenvalue weighted by Gasteiger charge is -2.44. The van der Waals surface area contributed by atoms with Gasteiger partial charge in [-0.25, -0.2) is 4.79 Å². The Bertz CT molecular complexity index is 734. The van der Waals surface area contributed by atoms with Crippen LogP contribution in [0.1, 0.15) is 22.6 Å². The van der Waals surface area contributed by atoms with Crippen molar-refractivity contribution in [2.45, 2.75) is 36.6 Å². The van der Waals surface area contributed by atoms with Crippen LogP contribution >= 0.6 is 22.7 Å². The summed E-state index contributed by atoms with van der Waals surface area (Å²) in [6.45, 7) is 0. The Hall–Kier alpha value is -0.990. The first-order valence-corrected chi connectivity index (χ1v) is 10.2. The molecule has 1 N–H and O–H groups in total. The van der Waals surface area contributed by atoms with Crippen LogP contribution in [0.5, 0.6) is 0 Å². The van der Waals surface area contributed by atoms with E-state index < -0.39 is 11.6 Å². The standard InChI is InChI=1S/C19H22NO3S2.BrH/c1-20(2)13-7-8-14(20)12-15(11-13)23-18(21)19(22,16-5-3-9-24-16)17-6-4-10-25-17;/h3-10,13-15,22H,11-12H2,1-2H3;1H/q+1;/p-1/t13-,14+,15-;. The second-order valence-corrected chi connectivity index (χ2v) is 9.21. The summed E-state index contributed by atoms with van der Waals surface area (Å²) in [7, 11) is 4.45. The van der Waals surface area contributed by atoms with E-state index in [1.165, 1.54) is 22.7 Å². The summed E-state index contributed by atoms with van der Waals surface area (Å²) >= 11 is 2.74. The molecule has 2 aliphatic rings. The molecule has 2 aromatic rings. The number of ether oxygens (including phenoxy) is 1. The van der Waals surface area contributed by atoms with Gasteiger partial charge in [-0.05, 0) is 35.0 Å². The van der Waals surface area contributed by atoms with Gasteiger partial charge in [-0.15, -0.1) is 22.7 Å². The van der Waals surface area contributed by atoms with E-state index in [9.17, 15) is 9.90 Å². The molecule has 0 aromatic carbocycles. The minimum absolute atomic E-state index is 0. The summed E-state index contributed by atoms with van der Waals surface area (Å²) in [6.07, 6.45) is 5.93. The summed E-state index contributed by atoms with van der Waals surface area (Å²) in [6, 6.07) is 8.00. The highest BCUT2D eigenvalue weighted by Gasteiger charge is 2.49. The number of rotatable bonds is 4. The van der Waals surface area contributed by atoms with Crippen molar-refractivity contribution >= 4 is 28.6 Å². The topological polar surface area (TPSA) is 46.5 Å². The van der Waals surface area contributed by atoms with Crippen LogP contribution in [-0.2, 0) is 15.1 Å². The molecule has 1 fully saturated rings. The molecule has 0 unspecified atom stereocenters. The van der Waals surface area contributed by atoms with Crippen molar-refractivity contribution in [2.24, 2.45) is 0 Å². The van der Waals surface area contributed by atoms with E-state index in [2.05, 4.69) is 26.2 Å². The molecule has 1 saturated heterocycles. The highest BCUT2D eigenvalue weighted by Crippen LogP contribution is 2.40. The van der Waals surface area contributed by atoms with Crippen molar-refractivity contribution in [3.8, 4) is 0 Å². The number of likely N-dealkylation sites (N-methyl/N-ethyl adjacent to an activating group) is 1. The number of hydrogen-bond donors (Lipinski definition) is 1. The quantitative estimate of drug-likeness (QED) is 0.405. The zero-order valence-electron chi connectivity index (χ0n) is 14.7. The van der Waals surface area contributed by atoms with Gasteiger partial charge in [0.1, 0.15) is 18.2 Å². The maximum atomic E-state index is 13.0. The van der Waals surface area contributed by atoms with Gasteiger partial charge in [0.25, 0.3) is 0 Å². The van der Waals surface area contributed by atoms with Crippen molar-refractivity contribution in [1.29, 1.82) is 0 Å². The monoisotopic (exact) mass is 455 g/mol. The average Bonchev–Trinajstić information content (AvgIpc) is 3.29. The number of quaternary nitrogens is 1. The third-order valence-electron chi connectivity index (χ3n) is 5.60. The molecule has 26 heavy (non-hydrogen) atoms. The molecule has 0 aliphatic carbocycles. The second-order valence-electron chi connectivity index (χ2n) is 7.31. The Kier molecular flexibility index (Phi) is 5.48. The Morgan fingerprint density at radius 3 is 2.04 bits per heavy atom. The molecule has 4 rings (SSSR count). The number of thiophene rings is 2. The van der Waals surface area contributed by atoms with Crippen LogP contribution in [-0.4, -0.2) is 47.8 Å². The maximum Gasteiger partial charge on any atom is 0.349 e.